The van der Waals surface area contributed by atoms with Gasteiger partial charge in [-0.25, -0.2) is 9.59 Å². The molecular weight excluding hydrogens is 374 g/mol. The zero-order valence-electron chi connectivity index (χ0n) is 17.4. The molecule has 0 radical (unpaired) electrons. The zero-order chi connectivity index (χ0) is 21.1. The van der Waals surface area contributed by atoms with Crippen molar-refractivity contribution >= 4 is 12.1 Å². The van der Waals surface area contributed by atoms with Crippen molar-refractivity contribution in [3.63, 3.8) is 0 Å². The Bertz CT molecular complexity index is 767. The first-order chi connectivity index (χ1) is 13.8. The highest BCUT2D eigenvalue weighted by molar-refractivity contribution is 5.92. The first-order valence-electron chi connectivity index (χ1n) is 9.82. The third-order valence-electron chi connectivity index (χ3n) is 6.06. The molecule has 2 atom stereocenters. The lowest BCUT2D eigenvalue weighted by Gasteiger charge is -2.56. The molecule has 2 aliphatic rings. The lowest BCUT2D eigenvalue weighted by atomic mass is 9.52. The lowest BCUT2D eigenvalue weighted by Crippen LogP contribution is -2.56. The number of esters is 1. The number of hydrogen-bond donors (Lipinski definition) is 1. The van der Waals surface area contributed by atoms with E-state index in [1.807, 2.05) is 37.3 Å². The summed E-state index contributed by atoms with van der Waals surface area (Å²) in [7, 11) is 1.28. The number of alkyl carbamates (subject to hydrolysis) is 1. The van der Waals surface area contributed by atoms with Crippen LogP contribution in [0.4, 0.5) is 4.79 Å². The smallest absolute Gasteiger partial charge is 0.412 e. The molecule has 1 amide bonds. The van der Waals surface area contributed by atoms with Gasteiger partial charge >= 0.3 is 12.1 Å². The summed E-state index contributed by atoms with van der Waals surface area (Å²) in [5.74, 6) is -0.981. The van der Waals surface area contributed by atoms with Gasteiger partial charge in [0.05, 0.1) is 20.3 Å². The van der Waals surface area contributed by atoms with E-state index in [0.717, 1.165) is 12.0 Å². The van der Waals surface area contributed by atoms with Crippen LogP contribution in [0.25, 0.3) is 0 Å². The molecule has 0 aromatic heterocycles. The maximum atomic E-state index is 12.2. The van der Waals surface area contributed by atoms with Gasteiger partial charge in [0.25, 0.3) is 0 Å². The number of allylic oxidation sites excluding steroid dienone is 1. The third kappa shape index (κ3) is 4.62. The van der Waals surface area contributed by atoms with E-state index in [2.05, 4.69) is 19.2 Å². The van der Waals surface area contributed by atoms with Crippen molar-refractivity contribution in [3.8, 4) is 0 Å². The second kappa shape index (κ2) is 8.55. The maximum Gasteiger partial charge on any atom is 0.412 e. The van der Waals surface area contributed by atoms with Crippen molar-refractivity contribution in [3.05, 3.63) is 47.7 Å². The molecule has 0 bridgehead atoms. The molecular formula is C22H29NO6. The maximum absolute atomic E-state index is 12.2. The van der Waals surface area contributed by atoms with E-state index >= 15 is 0 Å². The van der Waals surface area contributed by atoms with E-state index < -0.39 is 17.8 Å². The number of ether oxygens (including phenoxy) is 4. The summed E-state index contributed by atoms with van der Waals surface area (Å²) in [4.78, 5) is 24.4. The van der Waals surface area contributed by atoms with Gasteiger partial charge in [0, 0.05) is 5.92 Å². The van der Waals surface area contributed by atoms with E-state index in [4.69, 9.17) is 18.9 Å². The number of hydrogen-bond acceptors (Lipinski definition) is 6. The van der Waals surface area contributed by atoms with Gasteiger partial charge < -0.3 is 18.9 Å². The third-order valence-corrected chi connectivity index (χ3v) is 6.06. The lowest BCUT2D eigenvalue weighted by molar-refractivity contribution is -0.246. The summed E-state index contributed by atoms with van der Waals surface area (Å²) < 4.78 is 21.7. The Kier molecular flexibility index (Phi) is 6.29. The van der Waals surface area contributed by atoms with Gasteiger partial charge in [-0.3, -0.25) is 5.32 Å². The minimum absolute atomic E-state index is 0.0562. The Balaban J connectivity index is 1.65. The normalized spacial score (nSPS) is 25.0. The monoisotopic (exact) mass is 403 g/mol. The van der Waals surface area contributed by atoms with Crippen LogP contribution >= 0.6 is 0 Å². The van der Waals surface area contributed by atoms with Crippen molar-refractivity contribution in [2.24, 2.45) is 17.3 Å². The highest BCUT2D eigenvalue weighted by atomic mass is 16.7. The van der Waals surface area contributed by atoms with E-state index in [1.54, 1.807) is 6.08 Å². The largest absolute Gasteiger partial charge is 0.464 e. The SMILES string of the molecule is COC(=O)/C(=C\[C@H]1C[C@@H](C2(C)OCCO2)C1(C)C)NC(=O)OCc1ccccc1. The number of methoxy groups -OCH3 is 1. The van der Waals surface area contributed by atoms with Crippen LogP contribution in [0, 0.1) is 17.3 Å². The summed E-state index contributed by atoms with van der Waals surface area (Å²) in [6.07, 6.45) is 1.84. The van der Waals surface area contributed by atoms with Crippen LogP contribution in [0.15, 0.2) is 42.1 Å². The minimum Gasteiger partial charge on any atom is -0.464 e. The molecule has 0 unspecified atom stereocenters. The Labute approximate surface area is 171 Å². The predicted molar refractivity (Wildman–Crippen MR) is 106 cm³/mol. The van der Waals surface area contributed by atoms with Gasteiger partial charge in [0.2, 0.25) is 0 Å². The molecule has 158 valence electrons. The van der Waals surface area contributed by atoms with Gasteiger partial charge in [-0.1, -0.05) is 44.2 Å². The summed E-state index contributed by atoms with van der Waals surface area (Å²) >= 11 is 0. The number of amides is 1. The van der Waals surface area contributed by atoms with Gasteiger partial charge in [-0.15, -0.1) is 0 Å². The van der Waals surface area contributed by atoms with Crippen LogP contribution < -0.4 is 5.32 Å². The molecule has 7 nitrogen and oxygen atoms in total. The first kappa shape index (κ1) is 21.3. The van der Waals surface area contributed by atoms with Crippen molar-refractivity contribution in [1.82, 2.24) is 5.32 Å². The van der Waals surface area contributed by atoms with Crippen molar-refractivity contribution < 1.29 is 28.5 Å². The Morgan fingerprint density at radius 2 is 1.83 bits per heavy atom. The highest BCUT2D eigenvalue weighted by Crippen LogP contribution is 2.58. The Morgan fingerprint density at radius 1 is 1.17 bits per heavy atom. The standard InChI is InChI=1S/C22H29NO6/c1-21(2)16(13-18(21)22(3)28-10-11-29-22)12-17(19(24)26-4)23-20(25)27-14-15-8-6-5-7-9-15/h5-9,12,16,18H,10-11,13-14H2,1-4H3,(H,23,25)/b17-12+/t16-,18+/m0/s1. The minimum atomic E-state index is -0.700. The highest BCUT2D eigenvalue weighted by Gasteiger charge is 2.57. The summed E-state index contributed by atoms with van der Waals surface area (Å²) in [6, 6.07) is 9.33. The molecule has 1 saturated carbocycles. The second-order valence-corrected chi connectivity index (χ2v) is 8.19. The average molecular weight is 403 g/mol. The summed E-state index contributed by atoms with van der Waals surface area (Å²) in [6.45, 7) is 7.48. The quantitative estimate of drug-likeness (QED) is 0.579. The number of rotatable bonds is 6. The second-order valence-electron chi connectivity index (χ2n) is 8.19. The Morgan fingerprint density at radius 3 is 2.41 bits per heavy atom. The zero-order valence-corrected chi connectivity index (χ0v) is 17.4. The molecule has 0 spiro atoms. The summed E-state index contributed by atoms with van der Waals surface area (Å²) in [5.41, 5.74) is 0.771. The molecule has 7 heteroatoms. The van der Waals surface area contributed by atoms with E-state index in [9.17, 15) is 9.59 Å². The molecule has 1 aromatic carbocycles. The fourth-order valence-corrected chi connectivity index (χ4v) is 4.20. The molecule has 3 rings (SSSR count). The van der Waals surface area contributed by atoms with Crippen LogP contribution in [0.5, 0.6) is 0 Å². The average Bonchev–Trinajstić information content (AvgIpc) is 3.15. The van der Waals surface area contributed by atoms with E-state index in [-0.39, 0.29) is 29.6 Å². The van der Waals surface area contributed by atoms with Gasteiger partial charge in [0.15, 0.2) is 5.79 Å². The molecule has 1 heterocycles. The van der Waals surface area contributed by atoms with Crippen molar-refractivity contribution in [2.75, 3.05) is 20.3 Å². The number of benzene rings is 1. The van der Waals surface area contributed by atoms with Crippen molar-refractivity contribution in [2.45, 2.75) is 39.6 Å². The predicted octanol–water partition coefficient (Wildman–Crippen LogP) is 3.40. The molecule has 2 fully saturated rings. The fraction of sp³-hybridized carbons (Fsp3) is 0.545. The molecule has 1 aliphatic heterocycles. The molecule has 1 saturated heterocycles. The Hall–Kier alpha value is -2.38. The van der Waals surface area contributed by atoms with Crippen LogP contribution in [0.2, 0.25) is 0 Å². The van der Waals surface area contributed by atoms with E-state index in [0.29, 0.717) is 13.2 Å². The number of nitrogens with one attached hydrogen (secondary N) is 1. The van der Waals surface area contributed by atoms with Gasteiger partial charge in [-0.05, 0) is 36.3 Å². The van der Waals surface area contributed by atoms with Crippen molar-refractivity contribution in [1.29, 1.82) is 0 Å². The van der Waals surface area contributed by atoms with Crippen LogP contribution in [-0.4, -0.2) is 38.2 Å². The van der Waals surface area contributed by atoms with Crippen LogP contribution in [0.3, 0.4) is 0 Å². The summed E-state index contributed by atoms with van der Waals surface area (Å²) in [5, 5.41) is 2.53. The van der Waals surface area contributed by atoms with Gasteiger partial charge in [-0.2, -0.15) is 0 Å². The number of carbonyl (C=O) groups excluding carboxylic acids is 2. The van der Waals surface area contributed by atoms with Gasteiger partial charge in [0.1, 0.15) is 12.3 Å². The van der Waals surface area contributed by atoms with Crippen LogP contribution in [-0.2, 0) is 30.3 Å². The van der Waals surface area contributed by atoms with E-state index in [1.165, 1.54) is 7.11 Å². The molecule has 1 aromatic rings. The molecule has 1 aliphatic carbocycles. The topological polar surface area (TPSA) is 83.1 Å². The first-order valence-corrected chi connectivity index (χ1v) is 9.82. The van der Waals surface area contributed by atoms with Crippen LogP contribution in [0.1, 0.15) is 32.8 Å². The fourth-order valence-electron chi connectivity index (χ4n) is 4.20. The molecule has 29 heavy (non-hydrogen) atoms. The molecule has 1 N–H and O–H groups in total. The number of carbonyl (C=O) groups is 2.